The van der Waals surface area contributed by atoms with E-state index in [1.807, 2.05) is 11.9 Å². The molecule has 4 nitrogen and oxygen atoms in total. The third-order valence-electron chi connectivity index (χ3n) is 5.41. The van der Waals surface area contributed by atoms with Crippen molar-refractivity contribution >= 4 is 17.3 Å². The number of ether oxygens (including phenoxy) is 2. The van der Waals surface area contributed by atoms with E-state index in [1.54, 1.807) is 12.1 Å². The van der Waals surface area contributed by atoms with Gasteiger partial charge in [-0.3, -0.25) is 0 Å². The van der Waals surface area contributed by atoms with Crippen LogP contribution in [0.1, 0.15) is 59.0 Å². The minimum Gasteiger partial charge on any atom is -0.465 e. The fraction of sp³-hybridized carbons (Fsp3) is 0.409. The van der Waals surface area contributed by atoms with Crippen LogP contribution in [0, 0.1) is 0 Å². The second-order valence-corrected chi connectivity index (χ2v) is 7.52. The molecule has 0 N–H and O–H groups in total. The molecule has 2 saturated carbocycles. The number of benzene rings is 2. The maximum absolute atomic E-state index is 13.0. The number of alkyl halides is 2. The topological polar surface area (TPSA) is 38.8 Å². The monoisotopic (exact) mass is 387 g/mol. The van der Waals surface area contributed by atoms with E-state index in [0.717, 1.165) is 5.69 Å². The SMILES string of the molecule is COC(=O)c1ccc(N(C)c2cc(C3CC3)cc(C3CC3)c2)c(OC(F)F)c1. The van der Waals surface area contributed by atoms with Gasteiger partial charge in [0.1, 0.15) is 0 Å². The summed E-state index contributed by atoms with van der Waals surface area (Å²) in [5.74, 6) is 0.555. The van der Waals surface area contributed by atoms with Crippen molar-refractivity contribution in [1.29, 1.82) is 0 Å². The summed E-state index contributed by atoms with van der Waals surface area (Å²) in [5.41, 5.74) is 4.21. The minimum atomic E-state index is -2.99. The summed E-state index contributed by atoms with van der Waals surface area (Å²) in [4.78, 5) is 13.6. The lowest BCUT2D eigenvalue weighted by Gasteiger charge is -2.24. The summed E-state index contributed by atoms with van der Waals surface area (Å²) < 4.78 is 35.4. The lowest BCUT2D eigenvalue weighted by molar-refractivity contribution is -0.0495. The van der Waals surface area contributed by atoms with Gasteiger partial charge in [-0.25, -0.2) is 4.79 Å². The number of carbonyl (C=O) groups is 1. The lowest BCUT2D eigenvalue weighted by Crippen LogP contribution is -2.14. The molecule has 0 spiro atoms. The second-order valence-electron chi connectivity index (χ2n) is 7.52. The molecule has 0 aromatic heterocycles. The molecule has 0 radical (unpaired) electrons. The smallest absolute Gasteiger partial charge is 0.387 e. The van der Waals surface area contributed by atoms with Crippen molar-refractivity contribution in [2.24, 2.45) is 0 Å². The zero-order valence-corrected chi connectivity index (χ0v) is 16.0. The highest BCUT2D eigenvalue weighted by molar-refractivity contribution is 5.91. The Morgan fingerprint density at radius 3 is 2.14 bits per heavy atom. The number of anilines is 2. The van der Waals surface area contributed by atoms with Crippen molar-refractivity contribution in [2.45, 2.75) is 44.1 Å². The Bertz CT molecular complexity index is 861. The summed E-state index contributed by atoms with van der Waals surface area (Å²) in [6.07, 6.45) is 4.80. The molecule has 0 aliphatic heterocycles. The normalized spacial score (nSPS) is 16.2. The zero-order chi connectivity index (χ0) is 19.8. The first-order valence-electron chi connectivity index (χ1n) is 9.52. The quantitative estimate of drug-likeness (QED) is 0.580. The van der Waals surface area contributed by atoms with Gasteiger partial charge in [-0.1, -0.05) is 6.07 Å². The third-order valence-corrected chi connectivity index (χ3v) is 5.41. The molecule has 2 fully saturated rings. The molecule has 0 heterocycles. The van der Waals surface area contributed by atoms with E-state index in [0.29, 0.717) is 17.5 Å². The molecule has 0 amide bonds. The fourth-order valence-electron chi connectivity index (χ4n) is 3.52. The van der Waals surface area contributed by atoms with Gasteiger partial charge in [0.25, 0.3) is 0 Å². The van der Waals surface area contributed by atoms with E-state index >= 15 is 0 Å². The van der Waals surface area contributed by atoms with Gasteiger partial charge in [-0.15, -0.1) is 0 Å². The average Bonchev–Trinajstić information content (AvgIpc) is 3.58. The number of hydrogen-bond acceptors (Lipinski definition) is 4. The van der Waals surface area contributed by atoms with Gasteiger partial charge in [0.2, 0.25) is 0 Å². The number of esters is 1. The Labute approximate surface area is 163 Å². The van der Waals surface area contributed by atoms with E-state index in [-0.39, 0.29) is 11.3 Å². The van der Waals surface area contributed by atoms with Gasteiger partial charge in [0.15, 0.2) is 5.75 Å². The first kappa shape index (κ1) is 18.7. The molecule has 28 heavy (non-hydrogen) atoms. The van der Waals surface area contributed by atoms with Crippen molar-refractivity contribution in [3.8, 4) is 5.75 Å². The lowest BCUT2D eigenvalue weighted by atomic mass is 10.0. The van der Waals surface area contributed by atoms with Gasteiger partial charge < -0.3 is 14.4 Å². The van der Waals surface area contributed by atoms with Crippen molar-refractivity contribution in [3.05, 3.63) is 53.1 Å². The second kappa shape index (κ2) is 7.41. The highest BCUT2D eigenvalue weighted by atomic mass is 19.3. The Morgan fingerprint density at radius 1 is 1.04 bits per heavy atom. The number of methoxy groups -OCH3 is 1. The van der Waals surface area contributed by atoms with Gasteiger partial charge in [0.05, 0.1) is 18.4 Å². The standard InChI is InChI=1S/C22H23F2NO3/c1-25(18-10-16(13-3-4-13)9-17(11-18)14-5-6-14)19-8-7-15(21(26)27-2)12-20(19)28-22(23)24/h7-14,22H,3-6H2,1-2H3. The Kier molecular flexibility index (Phi) is 4.96. The largest absolute Gasteiger partial charge is 0.465 e. The first-order valence-corrected chi connectivity index (χ1v) is 9.52. The summed E-state index contributed by atoms with van der Waals surface area (Å²) >= 11 is 0. The maximum atomic E-state index is 13.0. The molecular weight excluding hydrogens is 364 g/mol. The van der Waals surface area contributed by atoms with Crippen LogP contribution in [0.5, 0.6) is 5.75 Å². The average molecular weight is 387 g/mol. The Hall–Kier alpha value is -2.63. The van der Waals surface area contributed by atoms with Crippen LogP contribution in [0.25, 0.3) is 0 Å². The van der Waals surface area contributed by atoms with Crippen LogP contribution in [0.3, 0.4) is 0 Å². The van der Waals surface area contributed by atoms with Crippen molar-refractivity contribution < 1.29 is 23.0 Å². The molecule has 0 bridgehead atoms. The van der Waals surface area contributed by atoms with Crippen LogP contribution in [-0.4, -0.2) is 26.7 Å². The number of nitrogens with zero attached hydrogens (tertiary/aromatic N) is 1. The molecule has 148 valence electrons. The van der Waals surface area contributed by atoms with E-state index in [2.05, 4.69) is 22.9 Å². The summed E-state index contributed by atoms with van der Waals surface area (Å²) in [6, 6.07) is 11.0. The minimum absolute atomic E-state index is 0.0507. The van der Waals surface area contributed by atoms with Crippen molar-refractivity contribution in [3.63, 3.8) is 0 Å². The van der Waals surface area contributed by atoms with Crippen molar-refractivity contribution in [2.75, 3.05) is 19.1 Å². The van der Waals surface area contributed by atoms with Gasteiger partial charge in [0, 0.05) is 12.7 Å². The maximum Gasteiger partial charge on any atom is 0.387 e. The molecule has 6 heteroatoms. The molecule has 2 aliphatic carbocycles. The van der Waals surface area contributed by atoms with Crippen LogP contribution in [0.15, 0.2) is 36.4 Å². The summed E-state index contributed by atoms with van der Waals surface area (Å²) in [7, 11) is 3.08. The molecule has 2 aromatic carbocycles. The summed E-state index contributed by atoms with van der Waals surface area (Å²) in [5, 5.41) is 0. The number of halogens is 2. The predicted molar refractivity (Wildman–Crippen MR) is 103 cm³/mol. The number of hydrogen-bond donors (Lipinski definition) is 0. The highest BCUT2D eigenvalue weighted by Crippen LogP contribution is 2.47. The number of rotatable bonds is 7. The van der Waals surface area contributed by atoms with E-state index < -0.39 is 12.6 Å². The molecular formula is C22H23F2NO3. The van der Waals surface area contributed by atoms with E-state index in [4.69, 9.17) is 4.74 Å². The molecule has 2 aliphatic rings. The molecule has 2 aromatic rings. The Morgan fingerprint density at radius 2 is 1.64 bits per heavy atom. The zero-order valence-electron chi connectivity index (χ0n) is 16.0. The Balaban J connectivity index is 1.72. The van der Waals surface area contributed by atoms with Gasteiger partial charge in [-0.2, -0.15) is 8.78 Å². The molecule has 4 rings (SSSR count). The molecule has 0 saturated heterocycles. The van der Waals surface area contributed by atoms with Gasteiger partial charge >= 0.3 is 12.6 Å². The van der Waals surface area contributed by atoms with Gasteiger partial charge in [-0.05, 0) is 79.0 Å². The van der Waals surface area contributed by atoms with E-state index in [1.165, 1.54) is 50.0 Å². The van der Waals surface area contributed by atoms with E-state index in [9.17, 15) is 13.6 Å². The van der Waals surface area contributed by atoms with Crippen molar-refractivity contribution in [1.82, 2.24) is 0 Å². The van der Waals surface area contributed by atoms with Crippen LogP contribution < -0.4 is 9.64 Å². The third kappa shape index (κ3) is 3.96. The van der Waals surface area contributed by atoms with Crippen LogP contribution in [0.4, 0.5) is 20.2 Å². The summed E-state index contributed by atoms with van der Waals surface area (Å²) in [6.45, 7) is -2.99. The predicted octanol–water partition coefficient (Wildman–Crippen LogP) is 5.60. The first-order chi connectivity index (χ1) is 13.5. The van der Waals surface area contributed by atoms with Crippen LogP contribution in [-0.2, 0) is 4.74 Å². The highest BCUT2D eigenvalue weighted by Gasteiger charge is 2.29. The number of carbonyl (C=O) groups excluding carboxylic acids is 1. The van der Waals surface area contributed by atoms with Crippen LogP contribution in [0.2, 0.25) is 0 Å². The molecule has 0 unspecified atom stereocenters. The fourth-order valence-corrected chi connectivity index (χ4v) is 3.52. The molecule has 0 atom stereocenters. The van der Waals surface area contributed by atoms with Crippen LogP contribution >= 0.6 is 0 Å².